The van der Waals surface area contributed by atoms with E-state index in [9.17, 15) is 5.11 Å². The van der Waals surface area contributed by atoms with Crippen molar-refractivity contribution in [3.05, 3.63) is 33.8 Å². The Morgan fingerprint density at radius 2 is 2.00 bits per heavy atom. The molecule has 0 radical (unpaired) electrons. The van der Waals surface area contributed by atoms with E-state index in [0.717, 1.165) is 41.4 Å². The third-order valence-electron chi connectivity index (χ3n) is 5.53. The number of halogens is 1. The lowest BCUT2D eigenvalue weighted by Crippen LogP contribution is -2.45. The van der Waals surface area contributed by atoms with Gasteiger partial charge in [-0.2, -0.15) is 10.3 Å². The van der Waals surface area contributed by atoms with Crippen LogP contribution in [-0.4, -0.2) is 16.9 Å². The number of nitrogens with zero attached hydrogens (tertiary/aromatic N) is 2. The summed E-state index contributed by atoms with van der Waals surface area (Å²) in [6, 6.07) is 6.28. The number of nitriles is 1. The number of fused-ring (bicyclic) bond motifs is 1. The maximum Gasteiger partial charge on any atom is 0.205 e. The second-order valence-corrected chi connectivity index (χ2v) is 7.60. The molecule has 0 atom stereocenters. The third kappa shape index (κ3) is 1.98. The predicted molar refractivity (Wildman–Crippen MR) is 86.2 cm³/mol. The first-order valence-electron chi connectivity index (χ1n) is 7.38. The van der Waals surface area contributed by atoms with E-state index in [4.69, 9.17) is 5.26 Å². The first-order chi connectivity index (χ1) is 9.92. The van der Waals surface area contributed by atoms with Crippen LogP contribution in [0.15, 0.2) is 27.7 Å². The van der Waals surface area contributed by atoms with Crippen molar-refractivity contribution in [3.63, 3.8) is 0 Å². The second-order valence-electron chi connectivity index (χ2n) is 6.69. The van der Waals surface area contributed by atoms with Crippen molar-refractivity contribution < 1.29 is 5.11 Å². The summed E-state index contributed by atoms with van der Waals surface area (Å²) in [5.74, 6) is 0. The van der Waals surface area contributed by atoms with Crippen LogP contribution in [0.5, 0.6) is 0 Å². The molecule has 0 unspecified atom stereocenters. The second kappa shape index (κ2) is 4.93. The molecule has 21 heavy (non-hydrogen) atoms. The molecule has 1 saturated carbocycles. The van der Waals surface area contributed by atoms with E-state index in [1.165, 1.54) is 5.56 Å². The maximum absolute atomic E-state index is 9.89. The monoisotopic (exact) mass is 346 g/mol. The molecule has 3 rings (SSSR count). The fourth-order valence-corrected chi connectivity index (χ4v) is 4.60. The highest BCUT2D eigenvalue weighted by Crippen LogP contribution is 2.59. The quantitative estimate of drug-likeness (QED) is 0.723. The van der Waals surface area contributed by atoms with Crippen molar-refractivity contribution >= 4 is 21.6 Å². The van der Waals surface area contributed by atoms with Crippen LogP contribution in [0.2, 0.25) is 0 Å². The molecule has 0 aliphatic heterocycles. The van der Waals surface area contributed by atoms with Crippen LogP contribution in [0.3, 0.4) is 0 Å². The fraction of sp³-hybridized carbons (Fsp3) is 0.529. The molecule has 110 valence electrons. The van der Waals surface area contributed by atoms with Gasteiger partial charge in [-0.05, 0) is 43.4 Å². The van der Waals surface area contributed by atoms with E-state index in [2.05, 4.69) is 53.0 Å². The van der Waals surface area contributed by atoms with Gasteiger partial charge in [0.25, 0.3) is 0 Å². The average molecular weight is 347 g/mol. The zero-order chi connectivity index (χ0) is 15.3. The van der Waals surface area contributed by atoms with Gasteiger partial charge < -0.3 is 5.11 Å². The van der Waals surface area contributed by atoms with Gasteiger partial charge in [-0.25, -0.2) is 0 Å². The molecule has 2 aliphatic carbocycles. The Kier molecular flexibility index (Phi) is 3.46. The molecule has 0 aromatic heterocycles. The third-order valence-corrected chi connectivity index (χ3v) is 6.02. The molecule has 1 aromatic carbocycles. The number of aliphatic hydroxyl groups excluding tert-OH is 1. The minimum atomic E-state index is -0.217. The Bertz CT molecular complexity index is 649. The molecule has 3 nitrogen and oxygen atoms in total. The van der Waals surface area contributed by atoms with Crippen LogP contribution >= 0.6 is 15.9 Å². The van der Waals surface area contributed by atoms with Gasteiger partial charge in [0.05, 0.1) is 11.8 Å². The minimum absolute atomic E-state index is 0.0706. The lowest BCUT2D eigenvalue weighted by atomic mass is 9.58. The first kappa shape index (κ1) is 14.7. The fourth-order valence-electron chi connectivity index (χ4n) is 4.24. The van der Waals surface area contributed by atoms with Gasteiger partial charge in [-0.15, -0.1) is 0 Å². The van der Waals surface area contributed by atoms with E-state index < -0.39 is 0 Å². The predicted octanol–water partition coefficient (Wildman–Crippen LogP) is 3.93. The van der Waals surface area contributed by atoms with E-state index in [1.54, 1.807) is 0 Å². The molecule has 1 N–H and O–H groups in total. The minimum Gasteiger partial charge on any atom is -0.393 e. The van der Waals surface area contributed by atoms with Crippen molar-refractivity contribution in [2.75, 3.05) is 0 Å². The molecular formula is C17H19BrN2O. The molecule has 0 saturated heterocycles. The number of aliphatic hydroxyl groups is 1. The Morgan fingerprint density at radius 1 is 1.33 bits per heavy atom. The summed E-state index contributed by atoms with van der Waals surface area (Å²) in [6.07, 6.45) is 5.11. The SMILES string of the molecule is CC1(C)c2ccc(Br)cc2/C(=N\C#N)C12CCC(O)CC2. The molecule has 0 heterocycles. The summed E-state index contributed by atoms with van der Waals surface area (Å²) in [5.41, 5.74) is 3.06. The molecule has 2 aliphatic rings. The van der Waals surface area contributed by atoms with Gasteiger partial charge in [-0.1, -0.05) is 35.8 Å². The van der Waals surface area contributed by atoms with Gasteiger partial charge in [0.1, 0.15) is 0 Å². The van der Waals surface area contributed by atoms with Crippen molar-refractivity contribution in [1.29, 1.82) is 5.26 Å². The molecule has 1 fully saturated rings. The summed E-state index contributed by atoms with van der Waals surface area (Å²) >= 11 is 3.53. The molecule has 0 bridgehead atoms. The molecular weight excluding hydrogens is 328 g/mol. The van der Waals surface area contributed by atoms with E-state index >= 15 is 0 Å². The number of rotatable bonds is 0. The zero-order valence-electron chi connectivity index (χ0n) is 12.4. The van der Waals surface area contributed by atoms with E-state index in [1.807, 2.05) is 6.19 Å². The largest absolute Gasteiger partial charge is 0.393 e. The Hall–Kier alpha value is -1.18. The number of benzene rings is 1. The topological polar surface area (TPSA) is 56.4 Å². The summed E-state index contributed by atoms with van der Waals surface area (Å²) in [7, 11) is 0. The number of aliphatic imine (C=N–C) groups is 1. The lowest BCUT2D eigenvalue weighted by molar-refractivity contribution is 0.0652. The van der Waals surface area contributed by atoms with Crippen LogP contribution in [-0.2, 0) is 5.41 Å². The summed E-state index contributed by atoms with van der Waals surface area (Å²) in [6.45, 7) is 4.49. The number of hydrogen-bond acceptors (Lipinski definition) is 3. The van der Waals surface area contributed by atoms with E-state index in [-0.39, 0.29) is 16.9 Å². The molecule has 0 amide bonds. The zero-order valence-corrected chi connectivity index (χ0v) is 13.9. The highest BCUT2D eigenvalue weighted by molar-refractivity contribution is 9.10. The van der Waals surface area contributed by atoms with Crippen LogP contribution in [0, 0.1) is 16.9 Å². The Balaban J connectivity index is 2.22. The van der Waals surface area contributed by atoms with Crippen molar-refractivity contribution in [3.8, 4) is 6.19 Å². The Morgan fingerprint density at radius 3 is 2.62 bits per heavy atom. The standard InChI is InChI=1S/C17H19BrN2O/c1-16(2)14-4-3-11(18)9-13(14)15(20-10-19)17(16)7-5-12(21)6-8-17/h3-4,9,12,21H,5-8H2,1-2H3/b20-15+. The highest BCUT2D eigenvalue weighted by Gasteiger charge is 2.57. The van der Waals surface area contributed by atoms with Gasteiger partial charge in [0, 0.05) is 20.9 Å². The van der Waals surface area contributed by atoms with Gasteiger partial charge >= 0.3 is 0 Å². The van der Waals surface area contributed by atoms with Crippen LogP contribution in [0.25, 0.3) is 0 Å². The van der Waals surface area contributed by atoms with Gasteiger partial charge in [-0.3, -0.25) is 0 Å². The van der Waals surface area contributed by atoms with Crippen LogP contribution < -0.4 is 0 Å². The van der Waals surface area contributed by atoms with Crippen LogP contribution in [0.4, 0.5) is 0 Å². The summed E-state index contributed by atoms with van der Waals surface area (Å²) < 4.78 is 1.01. The van der Waals surface area contributed by atoms with Crippen molar-refractivity contribution in [1.82, 2.24) is 0 Å². The molecule has 4 heteroatoms. The van der Waals surface area contributed by atoms with E-state index in [0.29, 0.717) is 0 Å². The number of hydrogen-bond donors (Lipinski definition) is 1. The molecule has 1 spiro atoms. The van der Waals surface area contributed by atoms with Crippen molar-refractivity contribution in [2.24, 2.45) is 10.4 Å². The lowest BCUT2D eigenvalue weighted by Gasteiger charge is -2.45. The van der Waals surface area contributed by atoms with Gasteiger partial charge in [0.15, 0.2) is 0 Å². The molecule has 1 aromatic rings. The summed E-state index contributed by atoms with van der Waals surface area (Å²) in [5, 5.41) is 19.0. The smallest absolute Gasteiger partial charge is 0.205 e. The van der Waals surface area contributed by atoms with Crippen molar-refractivity contribution in [2.45, 2.75) is 51.0 Å². The summed E-state index contributed by atoms with van der Waals surface area (Å²) in [4.78, 5) is 4.22. The first-order valence-corrected chi connectivity index (χ1v) is 8.17. The maximum atomic E-state index is 9.89. The van der Waals surface area contributed by atoms with Gasteiger partial charge in [0.2, 0.25) is 6.19 Å². The highest BCUT2D eigenvalue weighted by atomic mass is 79.9. The Labute approximate surface area is 133 Å². The average Bonchev–Trinajstić information content (AvgIpc) is 2.61. The normalized spacial score (nSPS) is 32.1. The van der Waals surface area contributed by atoms with Crippen LogP contribution in [0.1, 0.15) is 50.7 Å².